The molecule has 1 atom stereocenters. The van der Waals surface area contributed by atoms with E-state index in [9.17, 15) is 0 Å². The van der Waals surface area contributed by atoms with Gasteiger partial charge in [0.05, 0.1) is 19.9 Å². The molecular formula is C16H25N3O3. The molecule has 1 aromatic rings. The Kier molecular flexibility index (Phi) is 5.26. The van der Waals surface area contributed by atoms with Crippen molar-refractivity contribution in [1.29, 1.82) is 0 Å². The number of methoxy groups -OCH3 is 2. The van der Waals surface area contributed by atoms with Crippen LogP contribution >= 0.6 is 0 Å². The summed E-state index contributed by atoms with van der Waals surface area (Å²) in [6.07, 6.45) is 3.34. The number of nitrogens with two attached hydrogens (primary N) is 1. The largest absolute Gasteiger partial charge is 0.493 e. The number of unbranched alkanes of at least 4 members (excludes halogenated alkanes) is 2. The molecular weight excluding hydrogens is 282 g/mol. The Morgan fingerprint density at radius 3 is 2.50 bits per heavy atom. The molecule has 0 saturated carbocycles. The van der Waals surface area contributed by atoms with Crippen LogP contribution in [0.15, 0.2) is 17.1 Å². The van der Waals surface area contributed by atoms with Crippen molar-refractivity contribution in [3.8, 4) is 11.5 Å². The van der Waals surface area contributed by atoms with Gasteiger partial charge in [0.2, 0.25) is 0 Å². The molecule has 1 aliphatic heterocycles. The van der Waals surface area contributed by atoms with Crippen molar-refractivity contribution >= 4 is 11.5 Å². The topological polar surface area (TPSA) is 89.1 Å². The van der Waals surface area contributed by atoms with Gasteiger partial charge in [-0.1, -0.05) is 6.42 Å². The summed E-state index contributed by atoms with van der Waals surface area (Å²) in [6.45, 7) is 2.11. The third-order valence-electron chi connectivity index (χ3n) is 3.89. The number of ether oxygens (including phenoxy) is 2. The van der Waals surface area contributed by atoms with Crippen LogP contribution in [0.3, 0.4) is 0 Å². The molecule has 6 nitrogen and oxygen atoms in total. The first-order valence-electron chi connectivity index (χ1n) is 7.54. The second kappa shape index (κ2) is 6.98. The lowest BCUT2D eigenvalue weighted by molar-refractivity contribution is 0.278. The number of hydrogen-bond acceptors (Lipinski definition) is 6. The van der Waals surface area contributed by atoms with E-state index in [0.29, 0.717) is 17.9 Å². The van der Waals surface area contributed by atoms with E-state index in [1.807, 2.05) is 19.1 Å². The number of aliphatic hydroxyl groups excluding tert-OH is 1. The van der Waals surface area contributed by atoms with Crippen LogP contribution in [0, 0.1) is 0 Å². The summed E-state index contributed by atoms with van der Waals surface area (Å²) >= 11 is 0. The van der Waals surface area contributed by atoms with E-state index < -0.39 is 5.66 Å². The molecule has 0 aromatic heterocycles. The molecule has 0 bridgehead atoms. The van der Waals surface area contributed by atoms with Gasteiger partial charge in [-0.25, -0.2) is 4.99 Å². The van der Waals surface area contributed by atoms with Crippen LogP contribution in [-0.2, 0) is 5.66 Å². The SMILES string of the molecule is COc1cc2c(cc1OC)C(N)(CCCCCO)N=C(C)N2. The van der Waals surface area contributed by atoms with E-state index in [0.717, 1.165) is 36.3 Å². The Balaban J connectivity index is 2.34. The van der Waals surface area contributed by atoms with Gasteiger partial charge in [0.25, 0.3) is 0 Å². The summed E-state index contributed by atoms with van der Waals surface area (Å²) in [5.74, 6) is 2.08. The molecule has 1 unspecified atom stereocenters. The van der Waals surface area contributed by atoms with E-state index in [2.05, 4.69) is 10.3 Å². The van der Waals surface area contributed by atoms with Gasteiger partial charge < -0.3 is 25.6 Å². The van der Waals surface area contributed by atoms with Gasteiger partial charge in [0, 0.05) is 18.2 Å². The third-order valence-corrected chi connectivity index (χ3v) is 3.89. The first kappa shape index (κ1) is 16.6. The second-order valence-electron chi connectivity index (χ2n) is 5.53. The van der Waals surface area contributed by atoms with E-state index in [4.69, 9.17) is 20.3 Å². The van der Waals surface area contributed by atoms with Crippen LogP contribution < -0.4 is 20.5 Å². The molecule has 2 rings (SSSR count). The molecule has 0 aliphatic carbocycles. The first-order valence-corrected chi connectivity index (χ1v) is 7.54. The number of amidine groups is 1. The highest BCUT2D eigenvalue weighted by molar-refractivity contribution is 5.97. The summed E-state index contributed by atoms with van der Waals surface area (Å²) in [5.41, 5.74) is 7.59. The molecule has 0 fully saturated rings. The van der Waals surface area contributed by atoms with Crippen LogP contribution in [0.2, 0.25) is 0 Å². The number of fused-ring (bicyclic) bond motifs is 1. The molecule has 0 spiro atoms. The molecule has 1 aromatic carbocycles. The van der Waals surface area contributed by atoms with Crippen LogP contribution in [0.5, 0.6) is 11.5 Å². The summed E-state index contributed by atoms with van der Waals surface area (Å²) in [6, 6.07) is 3.78. The lowest BCUT2D eigenvalue weighted by atomic mass is 9.91. The molecule has 0 amide bonds. The zero-order valence-electron chi connectivity index (χ0n) is 13.5. The summed E-state index contributed by atoms with van der Waals surface area (Å²) in [4.78, 5) is 4.61. The molecule has 0 radical (unpaired) electrons. The third kappa shape index (κ3) is 3.34. The first-order chi connectivity index (χ1) is 10.5. The van der Waals surface area contributed by atoms with Gasteiger partial charge in [-0.05, 0) is 32.3 Å². The Morgan fingerprint density at radius 2 is 1.86 bits per heavy atom. The average molecular weight is 307 g/mol. The number of hydrogen-bond donors (Lipinski definition) is 3. The highest BCUT2D eigenvalue weighted by atomic mass is 16.5. The number of aliphatic imine (C=N–C) groups is 1. The zero-order chi connectivity index (χ0) is 16.2. The number of aliphatic hydroxyl groups is 1. The van der Waals surface area contributed by atoms with Crippen LogP contribution in [0.4, 0.5) is 5.69 Å². The fourth-order valence-electron chi connectivity index (χ4n) is 2.80. The maximum Gasteiger partial charge on any atom is 0.162 e. The summed E-state index contributed by atoms with van der Waals surface area (Å²) in [7, 11) is 3.22. The number of anilines is 1. The van der Waals surface area contributed by atoms with Crippen molar-refractivity contribution in [2.24, 2.45) is 10.7 Å². The Morgan fingerprint density at radius 1 is 1.18 bits per heavy atom. The standard InChI is InChI=1S/C16H25N3O3/c1-11-18-13-10-15(22-3)14(21-2)9-12(13)16(17,19-11)7-5-4-6-8-20/h9-10,20H,4-8,17H2,1-3H3,(H,18,19). The quantitative estimate of drug-likeness (QED) is 0.672. The summed E-state index contributed by atoms with van der Waals surface area (Å²) in [5, 5.41) is 12.1. The highest BCUT2D eigenvalue weighted by Gasteiger charge is 2.33. The molecule has 122 valence electrons. The van der Waals surface area contributed by atoms with Crippen molar-refractivity contribution in [1.82, 2.24) is 0 Å². The van der Waals surface area contributed by atoms with E-state index >= 15 is 0 Å². The maximum absolute atomic E-state index is 8.89. The highest BCUT2D eigenvalue weighted by Crippen LogP contribution is 2.41. The van der Waals surface area contributed by atoms with Crippen molar-refractivity contribution in [3.63, 3.8) is 0 Å². The smallest absolute Gasteiger partial charge is 0.162 e. The Labute approximate surface area is 131 Å². The molecule has 1 heterocycles. The predicted molar refractivity (Wildman–Crippen MR) is 87.7 cm³/mol. The van der Waals surface area contributed by atoms with E-state index in [1.165, 1.54) is 0 Å². The van der Waals surface area contributed by atoms with Gasteiger partial charge in [-0.3, -0.25) is 0 Å². The molecule has 4 N–H and O–H groups in total. The normalized spacial score (nSPS) is 20.0. The lowest BCUT2D eigenvalue weighted by Crippen LogP contribution is -2.40. The second-order valence-corrected chi connectivity index (χ2v) is 5.53. The van der Waals surface area contributed by atoms with Gasteiger partial charge in [-0.2, -0.15) is 0 Å². The fraction of sp³-hybridized carbons (Fsp3) is 0.562. The van der Waals surface area contributed by atoms with Gasteiger partial charge >= 0.3 is 0 Å². The maximum atomic E-state index is 8.89. The minimum absolute atomic E-state index is 0.211. The van der Waals surface area contributed by atoms with Gasteiger partial charge in [-0.15, -0.1) is 0 Å². The van der Waals surface area contributed by atoms with Crippen LogP contribution in [0.1, 0.15) is 38.2 Å². The van der Waals surface area contributed by atoms with E-state index in [-0.39, 0.29) is 6.61 Å². The van der Waals surface area contributed by atoms with Crippen LogP contribution in [-0.4, -0.2) is 31.8 Å². The monoisotopic (exact) mass is 307 g/mol. The lowest BCUT2D eigenvalue weighted by Gasteiger charge is -2.33. The molecule has 0 saturated heterocycles. The van der Waals surface area contributed by atoms with Crippen molar-refractivity contribution < 1.29 is 14.6 Å². The van der Waals surface area contributed by atoms with Crippen LogP contribution in [0.25, 0.3) is 0 Å². The minimum Gasteiger partial charge on any atom is -0.493 e. The zero-order valence-corrected chi connectivity index (χ0v) is 13.5. The average Bonchev–Trinajstić information content (AvgIpc) is 2.50. The number of nitrogens with zero attached hydrogens (tertiary/aromatic N) is 1. The van der Waals surface area contributed by atoms with Gasteiger partial charge in [0.1, 0.15) is 11.5 Å². The number of benzene rings is 1. The summed E-state index contributed by atoms with van der Waals surface area (Å²) < 4.78 is 10.7. The molecule has 22 heavy (non-hydrogen) atoms. The predicted octanol–water partition coefficient (Wildman–Crippen LogP) is 2.21. The van der Waals surface area contributed by atoms with Crippen molar-refractivity contribution in [2.75, 3.05) is 26.1 Å². The van der Waals surface area contributed by atoms with E-state index in [1.54, 1.807) is 14.2 Å². The minimum atomic E-state index is -0.778. The molecule has 1 aliphatic rings. The van der Waals surface area contributed by atoms with Gasteiger partial charge in [0.15, 0.2) is 11.5 Å². The van der Waals surface area contributed by atoms with Crippen molar-refractivity contribution in [3.05, 3.63) is 17.7 Å². The number of rotatable bonds is 7. The number of nitrogens with one attached hydrogen (secondary N) is 1. The fourth-order valence-corrected chi connectivity index (χ4v) is 2.80. The Bertz CT molecular complexity index is 560. The van der Waals surface area contributed by atoms with Crippen molar-refractivity contribution in [2.45, 2.75) is 38.3 Å². The Hall–Kier alpha value is -1.79. The molecule has 6 heteroatoms.